The number of rotatable bonds is 6. The molecule has 0 atom stereocenters. The van der Waals surface area contributed by atoms with Crippen molar-refractivity contribution in [1.82, 2.24) is 13.5 Å². The van der Waals surface area contributed by atoms with Crippen molar-refractivity contribution in [2.45, 2.75) is 19.3 Å². The van der Waals surface area contributed by atoms with E-state index < -0.39 is 16.2 Å². The molecular formula is C11H21N3O5S. The molecule has 0 saturated carbocycles. The van der Waals surface area contributed by atoms with Crippen LogP contribution in [0.5, 0.6) is 0 Å². The van der Waals surface area contributed by atoms with Gasteiger partial charge in [0.2, 0.25) is 5.91 Å². The number of amides is 1. The number of carboxylic acid groups (broad SMARTS) is 1. The maximum absolute atomic E-state index is 11.9. The summed E-state index contributed by atoms with van der Waals surface area (Å²) in [6.45, 7) is 1.23. The summed E-state index contributed by atoms with van der Waals surface area (Å²) in [7, 11) is -0.484. The number of carbonyl (C=O) groups excluding carboxylic acids is 1. The third-order valence-electron chi connectivity index (χ3n) is 3.16. The molecule has 1 N–H and O–H groups in total. The molecule has 0 aliphatic carbocycles. The fourth-order valence-corrected chi connectivity index (χ4v) is 3.03. The molecular weight excluding hydrogens is 286 g/mol. The molecule has 1 amide bonds. The molecule has 0 unspecified atom stereocenters. The van der Waals surface area contributed by atoms with E-state index in [2.05, 4.69) is 0 Å². The van der Waals surface area contributed by atoms with Gasteiger partial charge in [-0.3, -0.25) is 9.59 Å². The molecule has 8 nitrogen and oxygen atoms in total. The zero-order chi connectivity index (χ0) is 15.3. The van der Waals surface area contributed by atoms with Gasteiger partial charge in [0, 0.05) is 53.1 Å². The zero-order valence-corrected chi connectivity index (χ0v) is 12.6. The zero-order valence-electron chi connectivity index (χ0n) is 11.8. The highest BCUT2D eigenvalue weighted by molar-refractivity contribution is 7.86. The van der Waals surface area contributed by atoms with Gasteiger partial charge in [-0.2, -0.15) is 17.0 Å². The molecule has 0 aromatic rings. The maximum atomic E-state index is 11.9. The van der Waals surface area contributed by atoms with Crippen LogP contribution in [0.3, 0.4) is 0 Å². The predicted octanol–water partition coefficient (Wildman–Crippen LogP) is -0.808. The fourth-order valence-electron chi connectivity index (χ4n) is 1.95. The number of carboxylic acids is 1. The second-order valence-electron chi connectivity index (χ2n) is 4.82. The molecule has 0 aromatic heterocycles. The predicted molar refractivity (Wildman–Crippen MR) is 72.2 cm³/mol. The van der Waals surface area contributed by atoms with Gasteiger partial charge in [-0.05, 0) is 6.42 Å². The van der Waals surface area contributed by atoms with Crippen LogP contribution < -0.4 is 0 Å². The smallest absolute Gasteiger partial charge is 0.303 e. The van der Waals surface area contributed by atoms with Crippen molar-refractivity contribution in [3.8, 4) is 0 Å². The lowest BCUT2D eigenvalue weighted by Crippen LogP contribution is -2.53. The highest BCUT2D eigenvalue weighted by Gasteiger charge is 2.29. The molecule has 0 bridgehead atoms. The average Bonchev–Trinajstić information content (AvgIpc) is 2.38. The van der Waals surface area contributed by atoms with Crippen molar-refractivity contribution in [2.24, 2.45) is 0 Å². The first kappa shape index (κ1) is 16.9. The van der Waals surface area contributed by atoms with Gasteiger partial charge in [0.05, 0.1) is 0 Å². The van der Waals surface area contributed by atoms with Gasteiger partial charge in [0.25, 0.3) is 10.2 Å². The van der Waals surface area contributed by atoms with E-state index >= 15 is 0 Å². The Morgan fingerprint density at radius 2 is 1.65 bits per heavy atom. The van der Waals surface area contributed by atoms with Crippen molar-refractivity contribution in [1.29, 1.82) is 0 Å². The third-order valence-corrected chi connectivity index (χ3v) is 5.10. The van der Waals surface area contributed by atoms with Gasteiger partial charge in [-0.1, -0.05) is 0 Å². The van der Waals surface area contributed by atoms with Crippen LogP contribution >= 0.6 is 0 Å². The molecule has 20 heavy (non-hydrogen) atoms. The van der Waals surface area contributed by atoms with E-state index in [-0.39, 0.29) is 31.8 Å². The van der Waals surface area contributed by atoms with Gasteiger partial charge >= 0.3 is 5.97 Å². The van der Waals surface area contributed by atoms with Crippen LogP contribution in [-0.4, -0.2) is 79.2 Å². The summed E-state index contributed by atoms with van der Waals surface area (Å²) in [6.07, 6.45) is 0.470. The van der Waals surface area contributed by atoms with E-state index in [0.29, 0.717) is 19.5 Å². The van der Waals surface area contributed by atoms with Crippen molar-refractivity contribution >= 4 is 22.1 Å². The molecule has 1 aliphatic rings. The Labute approximate surface area is 119 Å². The lowest BCUT2D eigenvalue weighted by Gasteiger charge is -2.35. The summed E-state index contributed by atoms with van der Waals surface area (Å²) in [5.41, 5.74) is 0. The molecule has 116 valence electrons. The normalized spacial score (nSPS) is 17.4. The Bertz CT molecular complexity index is 455. The number of carbonyl (C=O) groups is 2. The molecule has 1 saturated heterocycles. The van der Waals surface area contributed by atoms with Gasteiger partial charge in [-0.25, -0.2) is 0 Å². The Balaban J connectivity index is 2.42. The quantitative estimate of drug-likeness (QED) is 0.692. The Kier molecular flexibility index (Phi) is 5.90. The average molecular weight is 307 g/mol. The maximum Gasteiger partial charge on any atom is 0.303 e. The summed E-state index contributed by atoms with van der Waals surface area (Å²) in [5, 5.41) is 8.51. The minimum atomic E-state index is -3.43. The summed E-state index contributed by atoms with van der Waals surface area (Å²) >= 11 is 0. The van der Waals surface area contributed by atoms with Crippen molar-refractivity contribution < 1.29 is 23.1 Å². The lowest BCUT2D eigenvalue weighted by molar-refractivity contribution is -0.137. The van der Waals surface area contributed by atoms with E-state index in [0.717, 1.165) is 4.31 Å². The van der Waals surface area contributed by atoms with Crippen LogP contribution in [0.1, 0.15) is 19.3 Å². The number of nitrogens with zero attached hydrogens (tertiary/aromatic N) is 3. The first-order valence-corrected chi connectivity index (χ1v) is 7.82. The monoisotopic (exact) mass is 307 g/mol. The second-order valence-corrected chi connectivity index (χ2v) is 6.96. The van der Waals surface area contributed by atoms with E-state index in [1.807, 2.05) is 0 Å². The standard InChI is InChI=1S/C11H21N3O5S/c1-12(2)20(18,19)14-8-6-13(7-9-14)10(15)4-3-5-11(16)17/h3-9H2,1-2H3,(H,16,17). The van der Waals surface area contributed by atoms with Crippen LogP contribution in [0.2, 0.25) is 0 Å². The Morgan fingerprint density at radius 3 is 2.10 bits per heavy atom. The van der Waals surface area contributed by atoms with Crippen molar-refractivity contribution in [3.63, 3.8) is 0 Å². The third kappa shape index (κ3) is 4.43. The first-order chi connectivity index (χ1) is 9.25. The minimum absolute atomic E-state index is 0.0271. The molecule has 0 radical (unpaired) electrons. The van der Waals surface area contributed by atoms with E-state index in [4.69, 9.17) is 5.11 Å². The number of hydrogen-bond donors (Lipinski definition) is 1. The minimum Gasteiger partial charge on any atom is -0.481 e. The molecule has 0 aromatic carbocycles. The number of hydrogen-bond acceptors (Lipinski definition) is 4. The molecule has 1 rings (SSSR count). The Morgan fingerprint density at radius 1 is 1.10 bits per heavy atom. The van der Waals surface area contributed by atoms with Crippen LogP contribution in [0, 0.1) is 0 Å². The summed E-state index contributed by atoms with van der Waals surface area (Å²) < 4.78 is 26.3. The molecule has 1 aliphatic heterocycles. The second kappa shape index (κ2) is 7.00. The van der Waals surface area contributed by atoms with Gasteiger partial charge < -0.3 is 10.0 Å². The van der Waals surface area contributed by atoms with Crippen LogP contribution in [0.25, 0.3) is 0 Å². The van der Waals surface area contributed by atoms with Crippen LogP contribution in [0.4, 0.5) is 0 Å². The van der Waals surface area contributed by atoms with E-state index in [1.165, 1.54) is 18.4 Å². The van der Waals surface area contributed by atoms with Crippen molar-refractivity contribution in [2.75, 3.05) is 40.3 Å². The summed E-state index contributed by atoms with van der Waals surface area (Å²) in [5.74, 6) is -1.03. The first-order valence-electron chi connectivity index (χ1n) is 6.42. The molecule has 9 heteroatoms. The SMILES string of the molecule is CN(C)S(=O)(=O)N1CCN(C(=O)CCCC(=O)O)CC1. The van der Waals surface area contributed by atoms with Crippen LogP contribution in [0.15, 0.2) is 0 Å². The fraction of sp³-hybridized carbons (Fsp3) is 0.818. The van der Waals surface area contributed by atoms with Gasteiger partial charge in [-0.15, -0.1) is 0 Å². The molecule has 1 fully saturated rings. The summed E-state index contributed by atoms with van der Waals surface area (Å²) in [6, 6.07) is 0. The Hall–Kier alpha value is -1.19. The number of aliphatic carboxylic acids is 1. The topological polar surface area (TPSA) is 98.2 Å². The largest absolute Gasteiger partial charge is 0.481 e. The van der Waals surface area contributed by atoms with E-state index in [9.17, 15) is 18.0 Å². The molecule has 0 spiro atoms. The highest BCUT2D eigenvalue weighted by Crippen LogP contribution is 2.11. The lowest BCUT2D eigenvalue weighted by atomic mass is 10.2. The number of piperazine rings is 1. The van der Waals surface area contributed by atoms with E-state index in [1.54, 1.807) is 4.90 Å². The van der Waals surface area contributed by atoms with Crippen LogP contribution in [-0.2, 0) is 19.8 Å². The molecule has 1 heterocycles. The summed E-state index contributed by atoms with van der Waals surface area (Å²) in [4.78, 5) is 23.8. The van der Waals surface area contributed by atoms with Crippen molar-refractivity contribution in [3.05, 3.63) is 0 Å². The highest BCUT2D eigenvalue weighted by atomic mass is 32.2. The van der Waals surface area contributed by atoms with Gasteiger partial charge in [0.15, 0.2) is 0 Å². The van der Waals surface area contributed by atoms with Gasteiger partial charge in [0.1, 0.15) is 0 Å².